The average Bonchev–Trinajstić information content (AvgIpc) is 2.68. The van der Waals surface area contributed by atoms with Crippen LogP contribution in [0.2, 0.25) is 5.02 Å². The highest BCUT2D eigenvalue weighted by molar-refractivity contribution is 6.30. The van der Waals surface area contributed by atoms with Crippen molar-refractivity contribution in [2.75, 3.05) is 6.54 Å². The first kappa shape index (κ1) is 17.9. The summed E-state index contributed by atoms with van der Waals surface area (Å²) in [6.07, 6.45) is 0.200. The van der Waals surface area contributed by atoms with E-state index in [0.29, 0.717) is 17.3 Å². The van der Waals surface area contributed by atoms with Crippen LogP contribution >= 0.6 is 11.6 Å². The minimum atomic E-state index is -0.323. The highest BCUT2D eigenvalue weighted by Crippen LogP contribution is 2.16. The van der Waals surface area contributed by atoms with Crippen LogP contribution in [-0.2, 0) is 4.79 Å². The molecule has 0 bridgehead atoms. The van der Waals surface area contributed by atoms with Gasteiger partial charge in [0, 0.05) is 16.1 Å². The number of hydrogen-bond donors (Lipinski definition) is 0. The van der Waals surface area contributed by atoms with Crippen LogP contribution in [0.25, 0.3) is 0 Å². The van der Waals surface area contributed by atoms with Crippen LogP contribution in [-0.4, -0.2) is 18.2 Å². The molecule has 0 heterocycles. The van der Waals surface area contributed by atoms with Gasteiger partial charge in [0.15, 0.2) is 0 Å². The molecule has 3 aromatic carbocycles. The molecule has 130 valence electrons. The molecule has 0 fully saturated rings. The normalized spacial score (nSPS) is 10.2. The molecule has 0 amide bonds. The van der Waals surface area contributed by atoms with Crippen molar-refractivity contribution in [3.63, 3.8) is 0 Å². The minimum Gasteiger partial charge on any atom is -0.426 e. The maximum atomic E-state index is 12.0. The smallest absolute Gasteiger partial charge is 0.313 e. The van der Waals surface area contributed by atoms with E-state index in [-0.39, 0.29) is 12.4 Å². The van der Waals surface area contributed by atoms with Gasteiger partial charge in [0.05, 0.1) is 18.7 Å². The van der Waals surface area contributed by atoms with Crippen molar-refractivity contribution in [2.24, 2.45) is 4.99 Å². The Labute approximate surface area is 157 Å². The lowest BCUT2D eigenvalue weighted by atomic mass is 10.0. The van der Waals surface area contributed by atoms with E-state index < -0.39 is 0 Å². The van der Waals surface area contributed by atoms with Gasteiger partial charge in [-0.1, -0.05) is 72.3 Å². The molecule has 0 aliphatic rings. The topological polar surface area (TPSA) is 38.7 Å². The largest absolute Gasteiger partial charge is 0.426 e. The van der Waals surface area contributed by atoms with Gasteiger partial charge < -0.3 is 4.74 Å². The van der Waals surface area contributed by atoms with Crippen LogP contribution in [0, 0.1) is 0 Å². The Bertz CT molecular complexity index is 834. The van der Waals surface area contributed by atoms with Crippen molar-refractivity contribution in [1.29, 1.82) is 0 Å². The van der Waals surface area contributed by atoms with Crippen molar-refractivity contribution >= 4 is 23.3 Å². The molecular formula is C22H18ClNO2. The summed E-state index contributed by atoms with van der Waals surface area (Å²) >= 11 is 5.82. The predicted molar refractivity (Wildman–Crippen MR) is 105 cm³/mol. The molecule has 0 aliphatic carbocycles. The first-order valence-electron chi connectivity index (χ1n) is 8.34. The first-order valence-corrected chi connectivity index (χ1v) is 8.72. The lowest BCUT2D eigenvalue weighted by Crippen LogP contribution is -2.11. The van der Waals surface area contributed by atoms with Crippen LogP contribution in [0.15, 0.2) is 89.9 Å². The van der Waals surface area contributed by atoms with Gasteiger partial charge in [-0.05, 0) is 24.3 Å². The number of carbonyl (C=O) groups is 1. The number of hydrogen-bond acceptors (Lipinski definition) is 3. The summed E-state index contributed by atoms with van der Waals surface area (Å²) in [6, 6.07) is 26.6. The average molecular weight is 364 g/mol. The van der Waals surface area contributed by atoms with Crippen molar-refractivity contribution in [1.82, 2.24) is 0 Å². The summed E-state index contributed by atoms with van der Waals surface area (Å²) < 4.78 is 5.30. The van der Waals surface area contributed by atoms with Gasteiger partial charge in [-0.25, -0.2) is 0 Å². The maximum absolute atomic E-state index is 12.0. The summed E-state index contributed by atoms with van der Waals surface area (Å²) in [4.78, 5) is 16.7. The third-order valence-electron chi connectivity index (χ3n) is 3.73. The molecule has 0 aliphatic heterocycles. The van der Waals surface area contributed by atoms with Gasteiger partial charge >= 0.3 is 5.97 Å². The lowest BCUT2D eigenvalue weighted by molar-refractivity contribution is -0.134. The van der Waals surface area contributed by atoms with Gasteiger partial charge in [-0.15, -0.1) is 0 Å². The maximum Gasteiger partial charge on any atom is 0.313 e. The number of benzene rings is 3. The van der Waals surface area contributed by atoms with Crippen LogP contribution < -0.4 is 4.74 Å². The Kier molecular flexibility index (Phi) is 6.18. The number of nitrogens with zero attached hydrogens (tertiary/aromatic N) is 1. The molecule has 0 saturated heterocycles. The summed E-state index contributed by atoms with van der Waals surface area (Å²) in [5, 5.41) is 0.602. The Hall–Kier alpha value is -2.91. The molecule has 3 rings (SSSR count). The molecule has 4 heteroatoms. The van der Waals surface area contributed by atoms with E-state index in [2.05, 4.69) is 4.99 Å². The number of halogens is 1. The van der Waals surface area contributed by atoms with Crippen LogP contribution in [0.4, 0.5) is 0 Å². The number of carbonyl (C=O) groups excluding carboxylic acids is 1. The molecule has 0 saturated carbocycles. The van der Waals surface area contributed by atoms with Gasteiger partial charge in [0.1, 0.15) is 5.75 Å². The highest BCUT2D eigenvalue weighted by atomic mass is 35.5. The van der Waals surface area contributed by atoms with Crippen LogP contribution in [0.3, 0.4) is 0 Å². The minimum absolute atomic E-state index is 0.200. The fraction of sp³-hybridized carbons (Fsp3) is 0.0909. The lowest BCUT2D eigenvalue weighted by Gasteiger charge is -2.08. The quantitative estimate of drug-likeness (QED) is 0.344. The van der Waals surface area contributed by atoms with Crippen molar-refractivity contribution in [3.05, 3.63) is 101 Å². The zero-order valence-electron chi connectivity index (χ0n) is 14.1. The number of esters is 1. The third-order valence-corrected chi connectivity index (χ3v) is 3.98. The van der Waals surface area contributed by atoms with Crippen molar-refractivity contribution in [3.8, 4) is 5.75 Å². The van der Waals surface area contributed by atoms with Crippen molar-refractivity contribution in [2.45, 2.75) is 6.42 Å². The Balaban J connectivity index is 1.69. The fourth-order valence-electron chi connectivity index (χ4n) is 2.49. The van der Waals surface area contributed by atoms with Gasteiger partial charge in [-0.2, -0.15) is 0 Å². The van der Waals surface area contributed by atoms with Gasteiger partial charge in [0.25, 0.3) is 0 Å². The van der Waals surface area contributed by atoms with E-state index in [1.54, 1.807) is 24.3 Å². The second-order valence-corrected chi connectivity index (χ2v) is 6.08. The van der Waals surface area contributed by atoms with Crippen molar-refractivity contribution < 1.29 is 9.53 Å². The van der Waals surface area contributed by atoms with E-state index in [1.165, 1.54) is 0 Å². The molecule has 3 nitrogen and oxygen atoms in total. The van der Waals surface area contributed by atoms with Crippen LogP contribution in [0.1, 0.15) is 17.5 Å². The molecule has 3 aromatic rings. The zero-order valence-corrected chi connectivity index (χ0v) is 14.9. The molecular weight excluding hydrogens is 346 g/mol. The van der Waals surface area contributed by atoms with Crippen LogP contribution in [0.5, 0.6) is 5.75 Å². The second kappa shape index (κ2) is 8.97. The Morgan fingerprint density at radius 2 is 1.35 bits per heavy atom. The first-order chi connectivity index (χ1) is 12.7. The van der Waals surface area contributed by atoms with E-state index in [0.717, 1.165) is 16.8 Å². The highest BCUT2D eigenvalue weighted by Gasteiger charge is 2.08. The van der Waals surface area contributed by atoms with Gasteiger partial charge in [0.2, 0.25) is 0 Å². The zero-order chi connectivity index (χ0) is 18.2. The summed E-state index contributed by atoms with van der Waals surface area (Å²) in [6.45, 7) is 0.353. The molecule has 0 radical (unpaired) electrons. The molecule has 0 atom stereocenters. The predicted octanol–water partition coefficient (Wildman–Crippen LogP) is 5.17. The van der Waals surface area contributed by atoms with E-state index >= 15 is 0 Å². The summed E-state index contributed by atoms with van der Waals surface area (Å²) in [5.41, 5.74) is 2.90. The summed E-state index contributed by atoms with van der Waals surface area (Å²) in [5.74, 6) is 0.159. The number of rotatable bonds is 6. The molecule has 0 aromatic heterocycles. The molecule has 26 heavy (non-hydrogen) atoms. The Morgan fingerprint density at radius 1 is 0.808 bits per heavy atom. The Morgan fingerprint density at radius 3 is 1.88 bits per heavy atom. The second-order valence-electron chi connectivity index (χ2n) is 5.64. The van der Waals surface area contributed by atoms with E-state index in [4.69, 9.17) is 16.3 Å². The molecule has 0 unspecified atom stereocenters. The SMILES string of the molecule is O=C(CCN=C(c1ccccc1)c1ccccc1)Oc1ccc(Cl)cc1. The molecule has 0 spiro atoms. The number of aliphatic imine (C=N–C) groups is 1. The summed E-state index contributed by atoms with van der Waals surface area (Å²) in [7, 11) is 0. The fourth-order valence-corrected chi connectivity index (χ4v) is 2.61. The third kappa shape index (κ3) is 5.04. The van der Waals surface area contributed by atoms with E-state index in [1.807, 2.05) is 60.7 Å². The van der Waals surface area contributed by atoms with E-state index in [9.17, 15) is 4.79 Å². The standard InChI is InChI=1S/C22H18ClNO2/c23-19-11-13-20(14-12-19)26-21(25)15-16-24-22(17-7-3-1-4-8-17)18-9-5-2-6-10-18/h1-14H,15-16H2. The monoisotopic (exact) mass is 363 g/mol. The number of ether oxygens (including phenoxy) is 1. The van der Waals surface area contributed by atoms with Gasteiger partial charge in [-0.3, -0.25) is 9.79 Å². The molecule has 0 N–H and O–H groups in total.